The zero-order valence-electron chi connectivity index (χ0n) is 14.7. The maximum atomic E-state index is 9.36. The average Bonchev–Trinajstić information content (AvgIpc) is 3.08. The lowest BCUT2D eigenvalue weighted by Crippen LogP contribution is -2.15. The summed E-state index contributed by atoms with van der Waals surface area (Å²) in [4.78, 5) is 12.9. The fourth-order valence-corrected chi connectivity index (χ4v) is 3.07. The van der Waals surface area contributed by atoms with Gasteiger partial charge in [0.1, 0.15) is 35.4 Å². The van der Waals surface area contributed by atoms with E-state index in [2.05, 4.69) is 25.9 Å². The Labute approximate surface area is 156 Å². The van der Waals surface area contributed by atoms with Crippen molar-refractivity contribution in [3.05, 3.63) is 72.3 Å². The number of aromatic nitrogens is 4. The second kappa shape index (κ2) is 6.77. The normalized spacial score (nSPS) is 11.9. The molecule has 132 valence electrons. The Morgan fingerprint density at radius 1 is 1.07 bits per heavy atom. The first-order valence-corrected chi connectivity index (χ1v) is 8.49. The van der Waals surface area contributed by atoms with Crippen LogP contribution < -0.4 is 11.1 Å². The van der Waals surface area contributed by atoms with Gasteiger partial charge < -0.3 is 11.1 Å². The van der Waals surface area contributed by atoms with E-state index in [1.807, 2.05) is 61.5 Å². The van der Waals surface area contributed by atoms with Crippen LogP contribution in [0.3, 0.4) is 0 Å². The first-order chi connectivity index (χ1) is 13.2. The highest BCUT2D eigenvalue weighted by atomic mass is 15.2. The largest absolute Gasteiger partial charge is 0.382 e. The molecule has 27 heavy (non-hydrogen) atoms. The van der Waals surface area contributed by atoms with E-state index >= 15 is 0 Å². The summed E-state index contributed by atoms with van der Waals surface area (Å²) in [6.07, 6.45) is 1.34. The Kier molecular flexibility index (Phi) is 4.15. The Morgan fingerprint density at radius 3 is 2.59 bits per heavy atom. The molecule has 0 aliphatic rings. The molecule has 0 bridgehead atoms. The maximum absolute atomic E-state index is 9.36. The van der Waals surface area contributed by atoms with Crippen molar-refractivity contribution in [2.24, 2.45) is 0 Å². The van der Waals surface area contributed by atoms with Gasteiger partial charge in [-0.05, 0) is 31.2 Å². The van der Waals surface area contributed by atoms with Gasteiger partial charge in [-0.3, -0.25) is 4.57 Å². The quantitative estimate of drug-likeness (QED) is 0.581. The predicted octanol–water partition coefficient (Wildman–Crippen LogP) is 3.44. The molecule has 0 radical (unpaired) electrons. The number of benzene rings is 2. The highest BCUT2D eigenvalue weighted by Gasteiger charge is 2.20. The summed E-state index contributed by atoms with van der Waals surface area (Å²) in [7, 11) is 0. The molecule has 4 aromatic rings. The monoisotopic (exact) mass is 355 g/mol. The van der Waals surface area contributed by atoms with Crippen LogP contribution in [0.5, 0.6) is 0 Å². The lowest BCUT2D eigenvalue weighted by Gasteiger charge is -2.17. The summed E-state index contributed by atoms with van der Waals surface area (Å²) in [5, 5.41) is 12.6. The van der Waals surface area contributed by atoms with E-state index in [1.54, 1.807) is 0 Å². The van der Waals surface area contributed by atoms with Gasteiger partial charge in [0.25, 0.3) is 0 Å². The number of nitrogens with one attached hydrogen (secondary N) is 1. The second-order valence-corrected chi connectivity index (χ2v) is 6.09. The topological polar surface area (TPSA) is 105 Å². The number of hydrogen-bond acceptors (Lipinski definition) is 6. The molecule has 0 saturated carbocycles. The van der Waals surface area contributed by atoms with Crippen LogP contribution in [-0.4, -0.2) is 19.5 Å². The van der Waals surface area contributed by atoms with Crippen LogP contribution in [0.1, 0.15) is 24.4 Å². The third-order valence-corrected chi connectivity index (χ3v) is 4.33. The molecule has 4 rings (SSSR count). The zero-order chi connectivity index (χ0) is 18.8. The number of imidazole rings is 1. The molecular weight excluding hydrogens is 338 g/mol. The van der Waals surface area contributed by atoms with Crippen LogP contribution in [0.25, 0.3) is 16.7 Å². The van der Waals surface area contributed by atoms with Gasteiger partial charge in [-0.2, -0.15) is 5.26 Å². The number of fused-ring (bicyclic) bond motifs is 1. The molecule has 7 nitrogen and oxygen atoms in total. The van der Waals surface area contributed by atoms with Gasteiger partial charge in [0.2, 0.25) is 0 Å². The maximum Gasteiger partial charge on any atom is 0.150 e. The minimum absolute atomic E-state index is 0.152. The summed E-state index contributed by atoms with van der Waals surface area (Å²) >= 11 is 0. The molecule has 2 aromatic heterocycles. The second-order valence-electron chi connectivity index (χ2n) is 6.09. The van der Waals surface area contributed by atoms with Crippen molar-refractivity contribution in [3.63, 3.8) is 0 Å². The number of para-hydroxylation sites is 3. The Balaban J connectivity index is 1.82. The Hall–Kier alpha value is -3.92. The minimum Gasteiger partial charge on any atom is -0.382 e. The standard InChI is InChI=1S/C20H17N7/c1-13(25-19-15(11-21)18(22)23-12-24-19)20-26-16-9-5-6-10-17(16)27(20)14-7-3-2-4-8-14/h2-10,12-13H,1H3,(H3,22,23,24,25)/t13-/m0/s1. The molecule has 0 aliphatic carbocycles. The molecule has 0 amide bonds. The summed E-state index contributed by atoms with van der Waals surface area (Å²) in [5.41, 5.74) is 8.94. The summed E-state index contributed by atoms with van der Waals surface area (Å²) in [6, 6.07) is 19.8. The van der Waals surface area contributed by atoms with Crippen molar-refractivity contribution in [2.45, 2.75) is 13.0 Å². The molecule has 0 saturated heterocycles. The minimum atomic E-state index is -0.223. The fraction of sp³-hybridized carbons (Fsp3) is 0.100. The van der Waals surface area contributed by atoms with Crippen LogP contribution in [0.4, 0.5) is 11.6 Å². The molecule has 0 unspecified atom stereocenters. The first-order valence-electron chi connectivity index (χ1n) is 8.49. The third-order valence-electron chi connectivity index (χ3n) is 4.33. The Morgan fingerprint density at radius 2 is 1.81 bits per heavy atom. The zero-order valence-corrected chi connectivity index (χ0v) is 14.7. The molecule has 1 atom stereocenters. The summed E-state index contributed by atoms with van der Waals surface area (Å²) in [5.74, 6) is 1.35. The molecule has 7 heteroatoms. The van der Waals surface area contributed by atoms with Gasteiger partial charge >= 0.3 is 0 Å². The van der Waals surface area contributed by atoms with Crippen molar-refractivity contribution < 1.29 is 0 Å². The van der Waals surface area contributed by atoms with Gasteiger partial charge in [-0.25, -0.2) is 15.0 Å². The van der Waals surface area contributed by atoms with Gasteiger partial charge in [-0.15, -0.1) is 0 Å². The summed E-state index contributed by atoms with van der Waals surface area (Å²) in [6.45, 7) is 1.97. The fourth-order valence-electron chi connectivity index (χ4n) is 3.07. The smallest absolute Gasteiger partial charge is 0.150 e. The molecule has 0 fully saturated rings. The lowest BCUT2D eigenvalue weighted by molar-refractivity contribution is 0.768. The van der Waals surface area contributed by atoms with Gasteiger partial charge in [0, 0.05) is 5.69 Å². The SMILES string of the molecule is C[C@H](Nc1ncnc(N)c1C#N)c1nc2ccccc2n1-c1ccccc1. The predicted molar refractivity (Wildman–Crippen MR) is 104 cm³/mol. The molecule has 2 aromatic carbocycles. The number of nitriles is 1. The van der Waals surface area contributed by atoms with Crippen molar-refractivity contribution in [2.75, 3.05) is 11.1 Å². The highest BCUT2D eigenvalue weighted by molar-refractivity contribution is 5.78. The number of anilines is 2. The van der Waals surface area contributed by atoms with E-state index in [-0.39, 0.29) is 17.4 Å². The van der Waals surface area contributed by atoms with Gasteiger partial charge in [-0.1, -0.05) is 30.3 Å². The van der Waals surface area contributed by atoms with Crippen LogP contribution in [0.2, 0.25) is 0 Å². The van der Waals surface area contributed by atoms with E-state index < -0.39 is 0 Å². The average molecular weight is 355 g/mol. The van der Waals surface area contributed by atoms with E-state index in [9.17, 15) is 5.26 Å². The van der Waals surface area contributed by atoms with E-state index in [1.165, 1.54) is 6.33 Å². The van der Waals surface area contributed by atoms with Crippen LogP contribution in [0, 0.1) is 11.3 Å². The molecule has 3 N–H and O–H groups in total. The summed E-state index contributed by atoms with van der Waals surface area (Å²) < 4.78 is 2.10. The van der Waals surface area contributed by atoms with E-state index in [0.29, 0.717) is 5.82 Å². The number of nitrogens with zero attached hydrogens (tertiary/aromatic N) is 5. The number of nitrogens with two attached hydrogens (primary N) is 1. The van der Waals surface area contributed by atoms with Crippen LogP contribution in [0.15, 0.2) is 60.9 Å². The van der Waals surface area contributed by atoms with Crippen LogP contribution >= 0.6 is 0 Å². The number of nitrogen functional groups attached to an aromatic ring is 1. The van der Waals surface area contributed by atoms with E-state index in [4.69, 9.17) is 10.7 Å². The van der Waals surface area contributed by atoms with Gasteiger partial charge in [0.15, 0.2) is 0 Å². The highest BCUT2D eigenvalue weighted by Crippen LogP contribution is 2.28. The van der Waals surface area contributed by atoms with Crippen molar-refractivity contribution >= 4 is 22.7 Å². The molecule has 0 spiro atoms. The van der Waals surface area contributed by atoms with Crippen molar-refractivity contribution in [1.82, 2.24) is 19.5 Å². The molecule has 0 aliphatic heterocycles. The molecule has 2 heterocycles. The van der Waals surface area contributed by atoms with Crippen molar-refractivity contribution in [1.29, 1.82) is 5.26 Å². The number of hydrogen-bond donors (Lipinski definition) is 2. The first kappa shape index (κ1) is 16.5. The molecular formula is C20H17N7. The van der Waals surface area contributed by atoms with Crippen LogP contribution in [-0.2, 0) is 0 Å². The van der Waals surface area contributed by atoms with Crippen molar-refractivity contribution in [3.8, 4) is 11.8 Å². The third kappa shape index (κ3) is 2.93. The Bertz CT molecular complexity index is 1140. The lowest BCUT2D eigenvalue weighted by atomic mass is 10.2. The van der Waals surface area contributed by atoms with Gasteiger partial charge in [0.05, 0.1) is 17.1 Å². The van der Waals surface area contributed by atoms with E-state index in [0.717, 1.165) is 22.5 Å². The number of rotatable bonds is 4.